The molecule has 1 saturated heterocycles. The van der Waals surface area contributed by atoms with Gasteiger partial charge in [0.2, 0.25) is 0 Å². The molecule has 1 aromatic heterocycles. The van der Waals surface area contributed by atoms with E-state index in [1.165, 1.54) is 49.2 Å². The molecule has 1 atom stereocenters. The van der Waals surface area contributed by atoms with Gasteiger partial charge in [0.15, 0.2) is 0 Å². The van der Waals surface area contributed by atoms with Crippen LogP contribution in [0.1, 0.15) is 29.7 Å². The highest BCUT2D eigenvalue weighted by atomic mass is 15.2. The maximum absolute atomic E-state index is 5.94. The van der Waals surface area contributed by atoms with Gasteiger partial charge in [-0.3, -0.25) is 0 Å². The Morgan fingerprint density at radius 1 is 1.45 bits per heavy atom. The van der Waals surface area contributed by atoms with Gasteiger partial charge in [-0.1, -0.05) is 0 Å². The van der Waals surface area contributed by atoms with Gasteiger partial charge in [0.25, 0.3) is 0 Å². The Morgan fingerprint density at radius 3 is 3.00 bits per heavy atom. The molecule has 2 aliphatic rings. The zero-order valence-corrected chi connectivity index (χ0v) is 12.7. The Labute approximate surface area is 122 Å². The van der Waals surface area contributed by atoms with E-state index in [9.17, 15) is 0 Å². The summed E-state index contributed by atoms with van der Waals surface area (Å²) in [6, 6.07) is 2.29. The lowest BCUT2D eigenvalue weighted by Crippen LogP contribution is -2.29. The molecule has 0 bridgehead atoms. The molecular weight excluding hydrogens is 248 g/mol. The van der Waals surface area contributed by atoms with Crippen molar-refractivity contribution in [3.05, 3.63) is 22.9 Å². The van der Waals surface area contributed by atoms with Crippen LogP contribution in [0.25, 0.3) is 0 Å². The Bertz CT molecular complexity index is 486. The van der Waals surface area contributed by atoms with Crippen LogP contribution >= 0.6 is 0 Å². The first-order chi connectivity index (χ1) is 9.67. The number of pyridine rings is 1. The lowest BCUT2D eigenvalue weighted by atomic mass is 10.1. The van der Waals surface area contributed by atoms with Crippen LogP contribution in [0.3, 0.4) is 0 Å². The minimum atomic E-state index is 0.588. The fraction of sp³-hybridized carbons (Fsp3) is 0.688. The summed E-state index contributed by atoms with van der Waals surface area (Å²) < 4.78 is 0. The molecule has 0 aromatic carbocycles. The van der Waals surface area contributed by atoms with E-state index in [1.54, 1.807) is 0 Å². The van der Waals surface area contributed by atoms with E-state index in [-0.39, 0.29) is 0 Å². The second-order valence-corrected chi connectivity index (χ2v) is 6.43. The second kappa shape index (κ2) is 5.70. The number of aryl methyl sites for hydroxylation is 2. The third-order valence-electron chi connectivity index (χ3n) is 4.71. The molecule has 4 nitrogen and oxygen atoms in total. The van der Waals surface area contributed by atoms with E-state index >= 15 is 0 Å². The van der Waals surface area contributed by atoms with Crippen molar-refractivity contribution in [1.29, 1.82) is 0 Å². The fourth-order valence-corrected chi connectivity index (χ4v) is 3.64. The molecule has 0 radical (unpaired) electrons. The van der Waals surface area contributed by atoms with Crippen LogP contribution in [-0.4, -0.2) is 43.6 Å². The van der Waals surface area contributed by atoms with Gasteiger partial charge in [-0.25, -0.2) is 4.98 Å². The average molecular weight is 274 g/mol. The molecule has 1 aliphatic carbocycles. The van der Waals surface area contributed by atoms with E-state index in [0.717, 1.165) is 24.7 Å². The smallest absolute Gasteiger partial charge is 0.133 e. The topological polar surface area (TPSA) is 45.4 Å². The van der Waals surface area contributed by atoms with Crippen LogP contribution in [0.4, 0.5) is 5.82 Å². The van der Waals surface area contributed by atoms with Gasteiger partial charge >= 0.3 is 0 Å². The van der Waals surface area contributed by atoms with Gasteiger partial charge in [0.05, 0.1) is 0 Å². The summed E-state index contributed by atoms with van der Waals surface area (Å²) in [5.41, 5.74) is 9.86. The zero-order valence-electron chi connectivity index (χ0n) is 12.7. The van der Waals surface area contributed by atoms with Gasteiger partial charge in [-0.15, -0.1) is 0 Å². The molecule has 1 aliphatic heterocycles. The summed E-state index contributed by atoms with van der Waals surface area (Å²) in [6.45, 7) is 4.10. The highest BCUT2D eigenvalue weighted by Gasteiger charge is 2.23. The van der Waals surface area contributed by atoms with Crippen molar-refractivity contribution in [2.45, 2.75) is 32.2 Å². The number of likely N-dealkylation sites (tertiary alicyclic amines) is 1. The number of aromatic nitrogens is 1. The summed E-state index contributed by atoms with van der Waals surface area (Å²) in [4.78, 5) is 9.66. The molecule has 0 amide bonds. The number of fused-ring (bicyclic) bond motifs is 1. The van der Waals surface area contributed by atoms with E-state index in [0.29, 0.717) is 6.54 Å². The summed E-state index contributed by atoms with van der Waals surface area (Å²) in [5.74, 6) is 1.87. The third kappa shape index (κ3) is 2.67. The SMILES string of the molecule is CN1CCC(CN(C)c2nc3c(cc2CN)CCC3)C1. The summed E-state index contributed by atoms with van der Waals surface area (Å²) >= 11 is 0. The van der Waals surface area contributed by atoms with Crippen LogP contribution in [0.15, 0.2) is 6.07 Å². The zero-order chi connectivity index (χ0) is 14.1. The highest BCUT2D eigenvalue weighted by molar-refractivity contribution is 5.50. The fourth-order valence-electron chi connectivity index (χ4n) is 3.64. The quantitative estimate of drug-likeness (QED) is 0.902. The van der Waals surface area contributed by atoms with Crippen LogP contribution in [-0.2, 0) is 19.4 Å². The van der Waals surface area contributed by atoms with E-state index in [1.807, 2.05) is 0 Å². The van der Waals surface area contributed by atoms with Gasteiger partial charge in [-0.05, 0) is 56.8 Å². The highest BCUT2D eigenvalue weighted by Crippen LogP contribution is 2.28. The third-order valence-corrected chi connectivity index (χ3v) is 4.71. The van der Waals surface area contributed by atoms with Crippen molar-refractivity contribution in [2.75, 3.05) is 38.6 Å². The first kappa shape index (κ1) is 13.8. The second-order valence-electron chi connectivity index (χ2n) is 6.43. The van der Waals surface area contributed by atoms with E-state index in [2.05, 4.69) is 30.0 Å². The van der Waals surface area contributed by atoms with E-state index < -0.39 is 0 Å². The molecule has 1 fully saturated rings. The number of nitrogens with two attached hydrogens (primary N) is 1. The first-order valence-electron chi connectivity index (χ1n) is 7.78. The largest absolute Gasteiger partial charge is 0.359 e. The molecule has 1 unspecified atom stereocenters. The maximum Gasteiger partial charge on any atom is 0.133 e. The first-order valence-corrected chi connectivity index (χ1v) is 7.78. The van der Waals surface area contributed by atoms with Crippen molar-refractivity contribution >= 4 is 5.82 Å². The molecule has 3 rings (SSSR count). The monoisotopic (exact) mass is 274 g/mol. The molecular formula is C16H26N4. The normalized spacial score (nSPS) is 22.2. The standard InChI is InChI=1S/C16H26N4/c1-19-7-6-12(10-19)11-20(2)16-14(9-17)8-13-4-3-5-15(13)18-16/h8,12H,3-7,9-11,17H2,1-2H3. The van der Waals surface area contributed by atoms with Crippen molar-refractivity contribution in [1.82, 2.24) is 9.88 Å². The molecule has 0 saturated carbocycles. The Hall–Kier alpha value is -1.13. The molecule has 1 aromatic rings. The summed E-state index contributed by atoms with van der Waals surface area (Å²) in [5, 5.41) is 0. The van der Waals surface area contributed by atoms with Gasteiger partial charge in [-0.2, -0.15) is 0 Å². The van der Waals surface area contributed by atoms with Crippen molar-refractivity contribution < 1.29 is 0 Å². The van der Waals surface area contributed by atoms with Gasteiger partial charge < -0.3 is 15.5 Å². The molecule has 0 spiro atoms. The lowest BCUT2D eigenvalue weighted by Gasteiger charge is -2.25. The Kier molecular flexibility index (Phi) is 3.94. The van der Waals surface area contributed by atoms with Crippen LogP contribution < -0.4 is 10.6 Å². The Morgan fingerprint density at radius 2 is 2.30 bits per heavy atom. The summed E-state index contributed by atoms with van der Waals surface area (Å²) in [6.07, 6.45) is 4.84. The molecule has 4 heteroatoms. The maximum atomic E-state index is 5.94. The number of nitrogens with zero attached hydrogens (tertiary/aromatic N) is 3. The number of anilines is 1. The molecule has 2 N–H and O–H groups in total. The predicted octanol–water partition coefficient (Wildman–Crippen LogP) is 1.42. The number of hydrogen-bond acceptors (Lipinski definition) is 4. The van der Waals surface area contributed by atoms with Crippen molar-refractivity contribution in [3.63, 3.8) is 0 Å². The minimum Gasteiger partial charge on any atom is -0.359 e. The minimum absolute atomic E-state index is 0.588. The molecule has 2 heterocycles. The Balaban J connectivity index is 1.78. The number of hydrogen-bond donors (Lipinski definition) is 1. The van der Waals surface area contributed by atoms with Crippen LogP contribution in [0.5, 0.6) is 0 Å². The van der Waals surface area contributed by atoms with Gasteiger partial charge in [0, 0.05) is 37.9 Å². The van der Waals surface area contributed by atoms with Crippen LogP contribution in [0.2, 0.25) is 0 Å². The van der Waals surface area contributed by atoms with Gasteiger partial charge in [0.1, 0.15) is 5.82 Å². The number of rotatable bonds is 4. The molecule has 20 heavy (non-hydrogen) atoms. The lowest BCUT2D eigenvalue weighted by molar-refractivity contribution is 0.395. The predicted molar refractivity (Wildman–Crippen MR) is 83.0 cm³/mol. The summed E-state index contributed by atoms with van der Waals surface area (Å²) in [7, 11) is 4.38. The van der Waals surface area contributed by atoms with E-state index in [4.69, 9.17) is 10.7 Å². The average Bonchev–Trinajstić information content (AvgIpc) is 3.05. The van der Waals surface area contributed by atoms with Crippen LogP contribution in [0, 0.1) is 5.92 Å². The molecule has 110 valence electrons. The van der Waals surface area contributed by atoms with Crippen molar-refractivity contribution in [3.8, 4) is 0 Å². The van der Waals surface area contributed by atoms with Crippen molar-refractivity contribution in [2.24, 2.45) is 11.7 Å².